The third-order valence-corrected chi connectivity index (χ3v) is 3.78. The maximum absolute atomic E-state index is 11.9. The van der Waals surface area contributed by atoms with Gasteiger partial charge in [-0.1, -0.05) is 23.8 Å². The molecule has 2 aromatic carbocycles. The third-order valence-electron chi connectivity index (χ3n) is 3.78. The van der Waals surface area contributed by atoms with Crippen molar-refractivity contribution in [2.24, 2.45) is 0 Å². The van der Waals surface area contributed by atoms with Gasteiger partial charge in [0, 0.05) is 0 Å². The zero-order valence-corrected chi connectivity index (χ0v) is 14.8. The van der Waals surface area contributed by atoms with Crippen LogP contribution in [0, 0.1) is 20.8 Å². The summed E-state index contributed by atoms with van der Waals surface area (Å²) in [5.41, 5.74) is 3.54. The van der Waals surface area contributed by atoms with Gasteiger partial charge < -0.3 is 14.8 Å². The van der Waals surface area contributed by atoms with Gasteiger partial charge in [-0.2, -0.15) is 0 Å². The Hall–Kier alpha value is -2.49. The lowest BCUT2D eigenvalue weighted by atomic mass is 10.1. The van der Waals surface area contributed by atoms with Crippen LogP contribution in [0.25, 0.3) is 0 Å². The molecule has 0 aliphatic carbocycles. The fourth-order valence-electron chi connectivity index (χ4n) is 2.17. The van der Waals surface area contributed by atoms with Gasteiger partial charge in [-0.15, -0.1) is 0 Å². The van der Waals surface area contributed by atoms with Gasteiger partial charge >= 0.3 is 0 Å². The highest BCUT2D eigenvalue weighted by atomic mass is 16.5. The van der Waals surface area contributed by atoms with Crippen LogP contribution in [0.15, 0.2) is 42.5 Å². The van der Waals surface area contributed by atoms with Crippen LogP contribution in [-0.2, 0) is 4.79 Å². The molecule has 4 heteroatoms. The number of amides is 1. The Kier molecular flexibility index (Phi) is 6.24. The number of carbonyl (C=O) groups excluding carboxylic acids is 1. The summed E-state index contributed by atoms with van der Waals surface area (Å²) >= 11 is 0. The number of nitrogens with one attached hydrogen (secondary N) is 1. The number of aryl methyl sites for hydroxylation is 3. The number of carbonyl (C=O) groups is 1. The van der Waals surface area contributed by atoms with Crippen molar-refractivity contribution in [3.05, 3.63) is 59.2 Å². The largest absolute Gasteiger partial charge is 0.491 e. The van der Waals surface area contributed by atoms with E-state index < -0.39 is 0 Å². The van der Waals surface area contributed by atoms with Gasteiger partial charge in [0.25, 0.3) is 5.91 Å². The molecule has 0 aliphatic heterocycles. The minimum Gasteiger partial charge on any atom is -0.491 e. The molecular weight excluding hydrogens is 302 g/mol. The predicted octanol–water partition coefficient (Wildman–Crippen LogP) is 3.57. The van der Waals surface area contributed by atoms with E-state index in [-0.39, 0.29) is 18.6 Å². The van der Waals surface area contributed by atoms with Crippen LogP contribution in [0.5, 0.6) is 11.5 Å². The second-order valence-corrected chi connectivity index (χ2v) is 6.13. The van der Waals surface area contributed by atoms with E-state index in [0.29, 0.717) is 12.4 Å². The van der Waals surface area contributed by atoms with Crippen molar-refractivity contribution in [1.82, 2.24) is 5.32 Å². The van der Waals surface area contributed by atoms with Crippen LogP contribution in [0.3, 0.4) is 0 Å². The van der Waals surface area contributed by atoms with Gasteiger partial charge in [0.15, 0.2) is 6.61 Å². The predicted molar refractivity (Wildman–Crippen MR) is 95.7 cm³/mol. The van der Waals surface area contributed by atoms with Crippen LogP contribution in [-0.4, -0.2) is 25.2 Å². The molecule has 1 atom stereocenters. The maximum Gasteiger partial charge on any atom is 0.258 e. The summed E-state index contributed by atoms with van der Waals surface area (Å²) in [6.07, 6.45) is 0. The highest BCUT2D eigenvalue weighted by Gasteiger charge is 2.09. The summed E-state index contributed by atoms with van der Waals surface area (Å²) in [5.74, 6) is 1.35. The smallest absolute Gasteiger partial charge is 0.258 e. The third kappa shape index (κ3) is 5.61. The Morgan fingerprint density at radius 3 is 2.29 bits per heavy atom. The first-order valence-corrected chi connectivity index (χ1v) is 8.13. The van der Waals surface area contributed by atoms with E-state index in [0.717, 1.165) is 11.3 Å². The lowest BCUT2D eigenvalue weighted by Crippen LogP contribution is -2.39. The Labute approximate surface area is 143 Å². The second-order valence-electron chi connectivity index (χ2n) is 6.13. The molecule has 0 aliphatic rings. The molecule has 4 nitrogen and oxygen atoms in total. The van der Waals surface area contributed by atoms with E-state index >= 15 is 0 Å². The molecule has 0 heterocycles. The van der Waals surface area contributed by atoms with E-state index in [1.165, 1.54) is 11.1 Å². The molecule has 128 valence electrons. The molecule has 24 heavy (non-hydrogen) atoms. The van der Waals surface area contributed by atoms with Gasteiger partial charge in [-0.3, -0.25) is 4.79 Å². The van der Waals surface area contributed by atoms with Crippen molar-refractivity contribution in [2.45, 2.75) is 33.7 Å². The topological polar surface area (TPSA) is 47.6 Å². The standard InChI is InChI=1S/C20H25NO3/c1-14-5-8-18(9-6-14)23-12-17(4)21-20(22)13-24-19-10-7-15(2)16(3)11-19/h5-11,17H,12-13H2,1-4H3,(H,21,22)/t17-/m1/s1. The molecule has 0 saturated heterocycles. The molecule has 0 saturated carbocycles. The molecule has 0 radical (unpaired) electrons. The summed E-state index contributed by atoms with van der Waals surface area (Å²) in [5, 5.41) is 2.87. The van der Waals surface area contributed by atoms with Crippen molar-refractivity contribution in [2.75, 3.05) is 13.2 Å². The van der Waals surface area contributed by atoms with Gasteiger partial charge in [-0.25, -0.2) is 0 Å². The van der Waals surface area contributed by atoms with Crippen LogP contribution in [0.2, 0.25) is 0 Å². The SMILES string of the molecule is Cc1ccc(OC[C@@H](C)NC(=O)COc2ccc(C)c(C)c2)cc1. The van der Waals surface area contributed by atoms with Crippen LogP contribution in [0.4, 0.5) is 0 Å². The number of hydrogen-bond donors (Lipinski definition) is 1. The van der Waals surface area contributed by atoms with Crippen LogP contribution in [0.1, 0.15) is 23.6 Å². The molecule has 0 aromatic heterocycles. The molecule has 2 rings (SSSR count). The monoisotopic (exact) mass is 327 g/mol. The van der Waals surface area contributed by atoms with Gasteiger partial charge in [-0.05, 0) is 63.1 Å². The molecule has 0 unspecified atom stereocenters. The fraction of sp³-hybridized carbons (Fsp3) is 0.350. The summed E-state index contributed by atoms with van der Waals surface area (Å²) in [4.78, 5) is 11.9. The first-order valence-electron chi connectivity index (χ1n) is 8.13. The Morgan fingerprint density at radius 1 is 0.958 bits per heavy atom. The van der Waals surface area contributed by atoms with E-state index in [9.17, 15) is 4.79 Å². The van der Waals surface area contributed by atoms with E-state index in [2.05, 4.69) is 5.32 Å². The highest BCUT2D eigenvalue weighted by Crippen LogP contribution is 2.16. The Balaban J connectivity index is 1.72. The Bertz CT molecular complexity index is 680. The molecule has 0 bridgehead atoms. The normalized spacial score (nSPS) is 11.7. The van der Waals surface area contributed by atoms with Gasteiger partial charge in [0.1, 0.15) is 18.1 Å². The lowest BCUT2D eigenvalue weighted by Gasteiger charge is -2.15. The summed E-state index contributed by atoms with van der Waals surface area (Å²) in [7, 11) is 0. The van der Waals surface area contributed by atoms with E-state index in [1.807, 2.05) is 70.2 Å². The number of ether oxygens (including phenoxy) is 2. The average molecular weight is 327 g/mol. The summed E-state index contributed by atoms with van der Waals surface area (Å²) in [6.45, 7) is 8.41. The van der Waals surface area contributed by atoms with E-state index in [4.69, 9.17) is 9.47 Å². The maximum atomic E-state index is 11.9. The van der Waals surface area contributed by atoms with Gasteiger partial charge in [0.05, 0.1) is 6.04 Å². The van der Waals surface area contributed by atoms with Crippen molar-refractivity contribution >= 4 is 5.91 Å². The molecule has 2 aromatic rings. The van der Waals surface area contributed by atoms with E-state index in [1.54, 1.807) is 0 Å². The van der Waals surface area contributed by atoms with Crippen LogP contribution >= 0.6 is 0 Å². The van der Waals surface area contributed by atoms with Gasteiger partial charge in [0.2, 0.25) is 0 Å². The second kappa shape index (κ2) is 8.39. The fourth-order valence-corrected chi connectivity index (χ4v) is 2.17. The van der Waals surface area contributed by atoms with Crippen molar-refractivity contribution in [3.63, 3.8) is 0 Å². The summed E-state index contributed by atoms with van der Waals surface area (Å²) < 4.78 is 11.2. The van der Waals surface area contributed by atoms with Crippen molar-refractivity contribution in [1.29, 1.82) is 0 Å². The average Bonchev–Trinajstić information content (AvgIpc) is 2.55. The highest BCUT2D eigenvalue weighted by molar-refractivity contribution is 5.77. The minimum absolute atomic E-state index is 0.00261. The van der Waals surface area contributed by atoms with Crippen LogP contribution < -0.4 is 14.8 Å². The zero-order valence-electron chi connectivity index (χ0n) is 14.8. The minimum atomic E-state index is -0.159. The van der Waals surface area contributed by atoms with Crippen molar-refractivity contribution < 1.29 is 14.3 Å². The first-order chi connectivity index (χ1) is 11.4. The lowest BCUT2D eigenvalue weighted by molar-refractivity contribution is -0.123. The quantitative estimate of drug-likeness (QED) is 0.845. The number of hydrogen-bond acceptors (Lipinski definition) is 3. The molecular formula is C20H25NO3. The molecule has 1 N–H and O–H groups in total. The van der Waals surface area contributed by atoms with Crippen molar-refractivity contribution in [3.8, 4) is 11.5 Å². The Morgan fingerprint density at radius 2 is 1.62 bits per heavy atom. The number of rotatable bonds is 7. The molecule has 1 amide bonds. The molecule has 0 spiro atoms. The molecule has 0 fully saturated rings. The first kappa shape index (κ1) is 17.9. The summed E-state index contributed by atoms with van der Waals surface area (Å²) in [6, 6.07) is 13.5. The number of benzene rings is 2. The zero-order chi connectivity index (χ0) is 17.5.